The van der Waals surface area contributed by atoms with Crippen LogP contribution in [0, 0.1) is 48.5 Å². The number of nitrogens with zero attached hydrogens (tertiary/aromatic N) is 21. The standard InChI is InChI=1S/C5H6N2.5C4H5N3.C3H4N4/c1-5-6-3-2-4-7-5;1-4-6-2-5-3-7-4;1-4-2-6-7-3-5-4;1-4-2-5-3-6-7-4;1-4-5-2-3-6-7-4;1-4-2-3-5-7-6-4;1-3-6-4-2-5-7-3/h2-4H,1H3;5*2-3H,1H3;2H,1H3. The first-order valence-electron chi connectivity index (χ1n) is 13.9. The summed E-state index contributed by atoms with van der Waals surface area (Å²) in [5, 5.41) is 46.0. The molecule has 0 unspecified atom stereocenters. The minimum absolute atomic E-state index is 0.600. The van der Waals surface area contributed by atoms with E-state index in [1.807, 2.05) is 34.6 Å². The predicted octanol–water partition coefficient (Wildman–Crippen LogP) is 1.26. The molecule has 21 heteroatoms. The smallest absolute Gasteiger partial charge is 0.170 e. The molecule has 0 saturated carbocycles. The maximum absolute atomic E-state index is 3.87. The van der Waals surface area contributed by atoms with E-state index >= 15 is 0 Å². The largest absolute Gasteiger partial charge is 0.242 e. The molecule has 0 aliphatic rings. The molecule has 7 heterocycles. The molecule has 0 fully saturated rings. The van der Waals surface area contributed by atoms with Gasteiger partial charge in [0.1, 0.15) is 42.8 Å². The molecule has 7 aromatic heterocycles. The SMILES string of the molecule is Cc1ccnnn1.Cc1cncnn1.Cc1cnncn1.Cc1ncccn1.Cc1nccnn1.Cc1ncncn1.Cc1nncnn1. The normalized spacial score (nSPS) is 8.71. The van der Waals surface area contributed by atoms with Gasteiger partial charge in [0.25, 0.3) is 0 Å². The lowest BCUT2D eigenvalue weighted by Crippen LogP contribution is -1.90. The van der Waals surface area contributed by atoms with E-state index in [0.29, 0.717) is 11.6 Å². The fraction of sp³-hybridized carbons (Fsp3) is 0.250. The van der Waals surface area contributed by atoms with Crippen LogP contribution in [0.3, 0.4) is 0 Å². The highest BCUT2D eigenvalue weighted by atomic mass is 15.3. The summed E-state index contributed by atoms with van der Waals surface area (Å²) in [6.07, 6.45) is 18.6. The summed E-state index contributed by atoms with van der Waals surface area (Å²) in [5.74, 6) is 2.89. The second-order valence-corrected chi connectivity index (χ2v) is 8.52. The molecule has 0 N–H and O–H groups in total. The van der Waals surface area contributed by atoms with Gasteiger partial charge in [0.05, 0.1) is 41.9 Å². The first kappa shape index (κ1) is 40.1. The highest BCUT2D eigenvalue weighted by Crippen LogP contribution is 1.81. The van der Waals surface area contributed by atoms with Crippen molar-refractivity contribution >= 4 is 0 Å². The van der Waals surface area contributed by atoms with Crippen LogP contribution in [-0.4, -0.2) is 106 Å². The third-order valence-corrected chi connectivity index (χ3v) is 4.28. The molecule has 0 bridgehead atoms. The van der Waals surface area contributed by atoms with Crippen molar-refractivity contribution in [1.29, 1.82) is 0 Å². The topological polar surface area (TPSA) is 271 Å². The summed E-state index contributed by atoms with van der Waals surface area (Å²) in [7, 11) is 0. The van der Waals surface area contributed by atoms with Crippen LogP contribution in [0.15, 0.2) is 87.1 Å². The molecule has 7 rings (SSSR count). The molecule has 0 aromatic carbocycles. The van der Waals surface area contributed by atoms with Crippen molar-refractivity contribution in [2.24, 2.45) is 0 Å². The zero-order valence-corrected chi connectivity index (χ0v) is 28.0. The van der Waals surface area contributed by atoms with Crippen molar-refractivity contribution in [3.8, 4) is 0 Å². The van der Waals surface area contributed by atoms with Crippen molar-refractivity contribution in [3.05, 3.63) is 128 Å². The maximum atomic E-state index is 3.87. The molecular weight excluding hydrogens is 630 g/mol. The van der Waals surface area contributed by atoms with E-state index in [2.05, 4.69) is 106 Å². The maximum Gasteiger partial charge on any atom is 0.170 e. The van der Waals surface area contributed by atoms with E-state index in [-0.39, 0.29) is 0 Å². The van der Waals surface area contributed by atoms with Gasteiger partial charge in [0.2, 0.25) is 0 Å². The van der Waals surface area contributed by atoms with Crippen LogP contribution >= 0.6 is 0 Å². The third-order valence-electron chi connectivity index (χ3n) is 4.28. The van der Waals surface area contributed by atoms with Crippen LogP contribution in [0.2, 0.25) is 0 Å². The molecule has 0 aliphatic carbocycles. The Morgan fingerprint density at radius 1 is 0.347 bits per heavy atom. The quantitative estimate of drug-likeness (QED) is 0.220. The van der Waals surface area contributed by atoms with Crippen molar-refractivity contribution in [2.75, 3.05) is 0 Å². The van der Waals surface area contributed by atoms with Crippen molar-refractivity contribution in [1.82, 2.24) is 106 Å². The van der Waals surface area contributed by atoms with Gasteiger partial charge in [0.15, 0.2) is 12.2 Å². The number of rotatable bonds is 0. The molecule has 0 saturated heterocycles. The van der Waals surface area contributed by atoms with Crippen LogP contribution in [0.5, 0.6) is 0 Å². The second-order valence-electron chi connectivity index (χ2n) is 8.52. The van der Waals surface area contributed by atoms with Gasteiger partial charge in [-0.05, 0) is 65.8 Å². The first-order chi connectivity index (χ1) is 23.8. The lowest BCUT2D eigenvalue weighted by molar-refractivity contribution is 0.806. The molecule has 0 amide bonds. The van der Waals surface area contributed by atoms with Crippen molar-refractivity contribution < 1.29 is 0 Å². The van der Waals surface area contributed by atoms with Gasteiger partial charge >= 0.3 is 0 Å². The predicted molar refractivity (Wildman–Crippen MR) is 172 cm³/mol. The van der Waals surface area contributed by atoms with Crippen molar-refractivity contribution in [3.63, 3.8) is 0 Å². The van der Waals surface area contributed by atoms with Crippen LogP contribution in [0.4, 0.5) is 0 Å². The van der Waals surface area contributed by atoms with Gasteiger partial charge in [-0.15, -0.1) is 45.9 Å². The number of hydrogen-bond acceptors (Lipinski definition) is 21. The molecule has 49 heavy (non-hydrogen) atoms. The summed E-state index contributed by atoms with van der Waals surface area (Å²) in [6, 6.07) is 3.60. The number of aromatic nitrogens is 21. The summed E-state index contributed by atoms with van der Waals surface area (Å²) in [4.78, 5) is 30.2. The average molecular weight is 666 g/mol. The van der Waals surface area contributed by atoms with Gasteiger partial charge in [-0.25, -0.2) is 39.9 Å². The van der Waals surface area contributed by atoms with E-state index in [1.165, 1.54) is 31.6 Å². The van der Waals surface area contributed by atoms with Gasteiger partial charge < -0.3 is 0 Å². The highest BCUT2D eigenvalue weighted by Gasteiger charge is 1.80. The van der Waals surface area contributed by atoms with Crippen LogP contribution in [0.1, 0.15) is 40.4 Å². The van der Waals surface area contributed by atoms with Gasteiger partial charge in [-0.3, -0.25) is 0 Å². The Morgan fingerprint density at radius 3 is 1.29 bits per heavy atom. The first-order valence-corrected chi connectivity index (χ1v) is 13.9. The van der Waals surface area contributed by atoms with E-state index < -0.39 is 0 Å². The minimum atomic E-state index is 0.600. The Bertz CT molecular complexity index is 1330. The molecule has 21 nitrogen and oxygen atoms in total. The molecule has 0 atom stereocenters. The molecule has 0 spiro atoms. The molecule has 0 radical (unpaired) electrons. The Balaban J connectivity index is 0.000000286. The Labute approximate surface area is 282 Å². The van der Waals surface area contributed by atoms with E-state index in [9.17, 15) is 0 Å². The monoisotopic (exact) mass is 665 g/mol. The Morgan fingerprint density at radius 2 is 1.00 bits per heavy atom. The van der Waals surface area contributed by atoms with E-state index in [1.54, 1.807) is 69.4 Å². The van der Waals surface area contributed by atoms with Crippen LogP contribution in [-0.2, 0) is 0 Å². The molecule has 0 aliphatic heterocycles. The number of aryl methyl sites for hydroxylation is 7. The fourth-order valence-electron chi connectivity index (χ4n) is 2.16. The molecular formula is C28H35N21. The van der Waals surface area contributed by atoms with Crippen LogP contribution in [0.25, 0.3) is 0 Å². The van der Waals surface area contributed by atoms with E-state index in [0.717, 1.165) is 28.7 Å². The molecule has 252 valence electrons. The average Bonchev–Trinajstić information content (AvgIpc) is 3.12. The van der Waals surface area contributed by atoms with Gasteiger partial charge in [0, 0.05) is 18.6 Å². The fourth-order valence-corrected chi connectivity index (χ4v) is 2.16. The lowest BCUT2D eigenvalue weighted by atomic mass is 10.5. The Kier molecular flexibility index (Phi) is 22.4. The Hall–Kier alpha value is -6.93. The number of hydrogen-bond donors (Lipinski definition) is 0. The van der Waals surface area contributed by atoms with Gasteiger partial charge in [-0.2, -0.15) is 15.3 Å². The van der Waals surface area contributed by atoms with Crippen molar-refractivity contribution in [2.45, 2.75) is 48.5 Å². The van der Waals surface area contributed by atoms with E-state index in [4.69, 9.17) is 0 Å². The molecule has 7 aromatic rings. The van der Waals surface area contributed by atoms with Gasteiger partial charge in [-0.1, -0.05) is 0 Å². The second kappa shape index (κ2) is 27.4. The summed E-state index contributed by atoms with van der Waals surface area (Å²) < 4.78 is 0. The van der Waals surface area contributed by atoms with Crippen LogP contribution < -0.4 is 0 Å². The summed E-state index contributed by atoms with van der Waals surface area (Å²) in [5.41, 5.74) is 2.65. The zero-order chi connectivity index (χ0) is 35.8. The lowest BCUT2D eigenvalue weighted by Gasteiger charge is -1.81. The summed E-state index contributed by atoms with van der Waals surface area (Å²) in [6.45, 7) is 12.8. The highest BCUT2D eigenvalue weighted by molar-refractivity contribution is 4.89. The zero-order valence-electron chi connectivity index (χ0n) is 28.0. The third kappa shape index (κ3) is 26.0. The summed E-state index contributed by atoms with van der Waals surface area (Å²) >= 11 is 0. The minimum Gasteiger partial charge on any atom is -0.242 e.